The van der Waals surface area contributed by atoms with Crippen molar-refractivity contribution < 1.29 is 4.74 Å². The fraction of sp³-hybridized carbons (Fsp3) is 0.517. The number of benzene rings is 2. The normalized spacial score (nSPS) is 18.5. The van der Waals surface area contributed by atoms with Crippen LogP contribution < -0.4 is 19.9 Å². The van der Waals surface area contributed by atoms with Crippen molar-refractivity contribution in [3.05, 3.63) is 53.9 Å². The molecule has 2 aliphatic heterocycles. The van der Waals surface area contributed by atoms with Crippen LogP contribution >= 0.6 is 0 Å². The zero-order valence-corrected chi connectivity index (χ0v) is 21.5. The van der Waals surface area contributed by atoms with Gasteiger partial charge in [-0.2, -0.15) is 0 Å². The standard InChI is InChI=1S/C27H32N4O.C2H7N/c1-32-25-7-3-2-6-22(25)19-12-16-31(17-13-19)27-23-18-21(30-14-4-5-15-30)10-11-24(23)28-26(29-27)20-8-9-20;1-3-2/h2-3,6-7,10-11,18-20H,4-5,8-9,12-17H2,1H3;3H,1-2H3. The van der Waals surface area contributed by atoms with Gasteiger partial charge in [0.1, 0.15) is 17.4 Å². The quantitative estimate of drug-likeness (QED) is 0.540. The highest BCUT2D eigenvalue weighted by atomic mass is 16.5. The lowest BCUT2D eigenvalue weighted by molar-refractivity contribution is 0.397. The van der Waals surface area contributed by atoms with E-state index in [4.69, 9.17) is 14.7 Å². The summed E-state index contributed by atoms with van der Waals surface area (Å²) in [4.78, 5) is 15.1. The third kappa shape index (κ3) is 5.22. The maximum Gasteiger partial charge on any atom is 0.140 e. The van der Waals surface area contributed by atoms with Gasteiger partial charge in [0.15, 0.2) is 0 Å². The molecule has 6 rings (SSSR count). The summed E-state index contributed by atoms with van der Waals surface area (Å²) in [5, 5.41) is 3.97. The highest BCUT2D eigenvalue weighted by Gasteiger charge is 2.30. The number of nitrogens with zero attached hydrogens (tertiary/aromatic N) is 4. The number of anilines is 2. The van der Waals surface area contributed by atoms with Crippen LogP contribution in [0.15, 0.2) is 42.5 Å². The average molecular weight is 474 g/mol. The largest absolute Gasteiger partial charge is 0.496 e. The molecule has 3 heterocycles. The molecule has 1 aromatic heterocycles. The molecule has 0 bridgehead atoms. The molecule has 6 nitrogen and oxygen atoms in total. The Bertz CT molecular complexity index is 1130. The molecule has 0 unspecified atom stereocenters. The number of hydrogen-bond donors (Lipinski definition) is 1. The van der Waals surface area contributed by atoms with Crippen molar-refractivity contribution in [2.45, 2.75) is 50.4 Å². The van der Waals surface area contributed by atoms with Gasteiger partial charge >= 0.3 is 0 Å². The van der Waals surface area contributed by atoms with Crippen LogP contribution in [0.4, 0.5) is 11.5 Å². The van der Waals surface area contributed by atoms with Gasteiger partial charge in [-0.1, -0.05) is 18.2 Å². The zero-order chi connectivity index (χ0) is 24.2. The molecule has 1 saturated carbocycles. The highest BCUT2D eigenvalue weighted by Crippen LogP contribution is 2.42. The molecule has 0 amide bonds. The first-order valence-corrected chi connectivity index (χ1v) is 13.2. The van der Waals surface area contributed by atoms with E-state index in [2.05, 4.69) is 57.6 Å². The number of hydrogen-bond acceptors (Lipinski definition) is 6. The molecule has 1 N–H and O–H groups in total. The van der Waals surface area contributed by atoms with Gasteiger partial charge in [0.2, 0.25) is 0 Å². The van der Waals surface area contributed by atoms with Gasteiger partial charge in [-0.05, 0) is 88.4 Å². The van der Waals surface area contributed by atoms with E-state index in [1.165, 1.54) is 42.3 Å². The smallest absolute Gasteiger partial charge is 0.140 e. The number of aromatic nitrogens is 2. The van der Waals surface area contributed by atoms with Gasteiger partial charge in [0, 0.05) is 43.2 Å². The molecule has 0 spiro atoms. The van der Waals surface area contributed by atoms with Gasteiger partial charge in [-0.3, -0.25) is 0 Å². The number of ether oxygens (including phenoxy) is 1. The summed E-state index contributed by atoms with van der Waals surface area (Å²) >= 11 is 0. The highest BCUT2D eigenvalue weighted by molar-refractivity contribution is 5.92. The monoisotopic (exact) mass is 473 g/mol. The summed E-state index contributed by atoms with van der Waals surface area (Å²) in [7, 11) is 5.53. The van der Waals surface area contributed by atoms with Crippen LogP contribution in [0.25, 0.3) is 10.9 Å². The summed E-state index contributed by atoms with van der Waals surface area (Å²) in [6.45, 7) is 4.36. The molecule has 3 aromatic rings. The number of methoxy groups -OCH3 is 1. The fourth-order valence-corrected chi connectivity index (χ4v) is 5.46. The van der Waals surface area contributed by atoms with Crippen molar-refractivity contribution >= 4 is 22.4 Å². The molecule has 2 saturated heterocycles. The van der Waals surface area contributed by atoms with E-state index >= 15 is 0 Å². The van der Waals surface area contributed by atoms with Crippen LogP contribution in [-0.2, 0) is 0 Å². The number of fused-ring (bicyclic) bond motifs is 1. The van der Waals surface area contributed by atoms with E-state index in [1.807, 2.05) is 14.1 Å². The summed E-state index contributed by atoms with van der Waals surface area (Å²) in [6.07, 6.45) is 7.28. The second-order valence-electron chi connectivity index (χ2n) is 10.1. The minimum absolute atomic E-state index is 0.540. The lowest BCUT2D eigenvalue weighted by Crippen LogP contribution is -2.34. The molecule has 2 aromatic carbocycles. The van der Waals surface area contributed by atoms with Gasteiger partial charge < -0.3 is 19.9 Å². The summed E-state index contributed by atoms with van der Waals surface area (Å²) in [5.74, 6) is 4.32. The second kappa shape index (κ2) is 10.8. The number of rotatable bonds is 5. The van der Waals surface area contributed by atoms with Crippen molar-refractivity contribution in [2.75, 3.05) is 57.2 Å². The Morgan fingerprint density at radius 3 is 2.23 bits per heavy atom. The van der Waals surface area contributed by atoms with Gasteiger partial charge in [-0.15, -0.1) is 0 Å². The Labute approximate surface area is 209 Å². The first-order valence-electron chi connectivity index (χ1n) is 13.2. The van der Waals surface area contributed by atoms with E-state index < -0.39 is 0 Å². The van der Waals surface area contributed by atoms with E-state index in [-0.39, 0.29) is 0 Å². The zero-order valence-electron chi connectivity index (χ0n) is 21.5. The first kappa shape index (κ1) is 23.9. The number of piperidine rings is 1. The molecule has 0 atom stereocenters. The van der Waals surface area contributed by atoms with Crippen molar-refractivity contribution in [2.24, 2.45) is 0 Å². The van der Waals surface area contributed by atoms with Crippen LogP contribution in [0, 0.1) is 0 Å². The maximum absolute atomic E-state index is 5.64. The van der Waals surface area contributed by atoms with E-state index in [9.17, 15) is 0 Å². The molecular weight excluding hydrogens is 434 g/mol. The van der Waals surface area contributed by atoms with E-state index in [0.29, 0.717) is 11.8 Å². The SMILES string of the molecule is CNC.COc1ccccc1C1CCN(c2nc(C3CC3)nc3ccc(N4CCCC4)cc23)CC1. The van der Waals surface area contributed by atoms with Crippen molar-refractivity contribution in [1.29, 1.82) is 0 Å². The molecular formula is C29H39N5O. The van der Waals surface area contributed by atoms with Gasteiger partial charge in [-0.25, -0.2) is 9.97 Å². The Balaban J connectivity index is 0.000000806. The Morgan fingerprint density at radius 2 is 1.54 bits per heavy atom. The summed E-state index contributed by atoms with van der Waals surface area (Å²) < 4.78 is 5.64. The molecule has 0 radical (unpaired) electrons. The minimum atomic E-state index is 0.540. The second-order valence-corrected chi connectivity index (χ2v) is 10.1. The van der Waals surface area contributed by atoms with Crippen molar-refractivity contribution in [3.63, 3.8) is 0 Å². The van der Waals surface area contributed by atoms with Crippen LogP contribution in [0.2, 0.25) is 0 Å². The minimum Gasteiger partial charge on any atom is -0.496 e. The molecule has 6 heteroatoms. The number of para-hydroxylation sites is 1. The third-order valence-corrected chi connectivity index (χ3v) is 7.46. The Hall–Kier alpha value is -2.86. The van der Waals surface area contributed by atoms with E-state index in [0.717, 1.165) is 61.9 Å². The first-order chi connectivity index (χ1) is 17.2. The lowest BCUT2D eigenvalue weighted by Gasteiger charge is -2.34. The van der Waals surface area contributed by atoms with Crippen LogP contribution in [-0.4, -0.2) is 57.4 Å². The average Bonchev–Trinajstić information content (AvgIpc) is 3.62. The Morgan fingerprint density at radius 1 is 0.829 bits per heavy atom. The summed E-state index contributed by atoms with van der Waals surface area (Å²) in [6, 6.07) is 15.3. The van der Waals surface area contributed by atoms with Crippen LogP contribution in [0.5, 0.6) is 5.75 Å². The number of nitrogens with one attached hydrogen (secondary N) is 1. The molecule has 35 heavy (non-hydrogen) atoms. The van der Waals surface area contributed by atoms with Gasteiger partial charge in [0.05, 0.1) is 12.6 Å². The third-order valence-electron chi connectivity index (χ3n) is 7.46. The predicted octanol–water partition coefficient (Wildman–Crippen LogP) is 5.34. The Kier molecular flexibility index (Phi) is 7.37. The summed E-state index contributed by atoms with van der Waals surface area (Å²) in [5.41, 5.74) is 3.77. The predicted molar refractivity (Wildman–Crippen MR) is 145 cm³/mol. The molecule has 186 valence electrons. The topological polar surface area (TPSA) is 53.5 Å². The molecule has 3 fully saturated rings. The van der Waals surface area contributed by atoms with Gasteiger partial charge in [0.25, 0.3) is 0 Å². The maximum atomic E-state index is 5.64. The fourth-order valence-electron chi connectivity index (χ4n) is 5.46. The van der Waals surface area contributed by atoms with Crippen molar-refractivity contribution in [1.82, 2.24) is 15.3 Å². The molecule has 3 aliphatic rings. The van der Waals surface area contributed by atoms with E-state index in [1.54, 1.807) is 7.11 Å². The van der Waals surface area contributed by atoms with Crippen LogP contribution in [0.3, 0.4) is 0 Å². The molecule has 1 aliphatic carbocycles. The van der Waals surface area contributed by atoms with Crippen LogP contribution in [0.1, 0.15) is 61.7 Å². The lowest BCUT2D eigenvalue weighted by atomic mass is 9.88. The van der Waals surface area contributed by atoms with Crippen molar-refractivity contribution in [3.8, 4) is 5.75 Å².